The molecule has 2 atom stereocenters. The first-order valence-electron chi connectivity index (χ1n) is 3.85. The lowest BCUT2D eigenvalue weighted by molar-refractivity contribution is -0.155. The lowest BCUT2D eigenvalue weighted by atomic mass is 10.2. The van der Waals surface area contributed by atoms with Gasteiger partial charge in [0.05, 0.1) is 7.11 Å². The minimum atomic E-state index is -4.28. The summed E-state index contributed by atoms with van der Waals surface area (Å²) in [5.41, 5.74) is 0. The monoisotopic (exact) mass is 233 g/mol. The number of nitrogens with one attached hydrogen (secondary N) is 1. The van der Waals surface area contributed by atoms with Crippen LogP contribution in [0.1, 0.15) is 12.8 Å². The van der Waals surface area contributed by atoms with Gasteiger partial charge in [-0.1, -0.05) is 0 Å². The molecule has 3 nitrogen and oxygen atoms in total. The molecule has 1 heterocycles. The molecular weight excluding hydrogens is 223 g/mol. The zero-order valence-corrected chi connectivity index (χ0v) is 8.24. The fraction of sp³-hybridized carbons (Fsp3) is 0.857. The normalized spacial score (nSPS) is 26.9. The first-order chi connectivity index (χ1) is 5.95. The third-order valence-electron chi connectivity index (χ3n) is 2.03. The molecule has 0 bridgehead atoms. The van der Waals surface area contributed by atoms with Crippen molar-refractivity contribution < 1.29 is 22.7 Å². The van der Waals surface area contributed by atoms with E-state index in [4.69, 9.17) is 0 Å². The van der Waals surface area contributed by atoms with Crippen molar-refractivity contribution in [1.29, 1.82) is 0 Å². The van der Waals surface area contributed by atoms with E-state index in [1.165, 1.54) is 0 Å². The van der Waals surface area contributed by atoms with Crippen LogP contribution in [0.2, 0.25) is 0 Å². The largest absolute Gasteiger partial charge is 0.468 e. The van der Waals surface area contributed by atoms with Crippen LogP contribution in [0.4, 0.5) is 13.2 Å². The molecule has 7 heteroatoms. The van der Waals surface area contributed by atoms with Crippen molar-refractivity contribution in [2.45, 2.75) is 31.1 Å². The first-order valence-corrected chi connectivity index (χ1v) is 3.85. The molecule has 1 aliphatic heterocycles. The molecular formula is C7H11ClF3NO2. The van der Waals surface area contributed by atoms with Crippen LogP contribution in [0, 0.1) is 0 Å². The number of hydrogen-bond donors (Lipinski definition) is 1. The van der Waals surface area contributed by atoms with Gasteiger partial charge in [-0.05, 0) is 12.8 Å². The van der Waals surface area contributed by atoms with Crippen molar-refractivity contribution in [3.8, 4) is 0 Å². The predicted octanol–water partition coefficient (Wildman–Crippen LogP) is 1.26. The molecule has 0 aromatic rings. The highest BCUT2D eigenvalue weighted by atomic mass is 35.5. The van der Waals surface area contributed by atoms with Crippen LogP contribution < -0.4 is 5.32 Å². The Bertz CT molecular complexity index is 210. The summed E-state index contributed by atoms with van der Waals surface area (Å²) < 4.78 is 40.6. The van der Waals surface area contributed by atoms with E-state index < -0.39 is 24.2 Å². The zero-order chi connectivity index (χ0) is 10.1. The van der Waals surface area contributed by atoms with Crippen LogP contribution in [0.3, 0.4) is 0 Å². The van der Waals surface area contributed by atoms with Gasteiger partial charge in [-0.2, -0.15) is 13.2 Å². The molecule has 1 fully saturated rings. The van der Waals surface area contributed by atoms with E-state index in [1.807, 2.05) is 0 Å². The van der Waals surface area contributed by atoms with E-state index >= 15 is 0 Å². The Balaban J connectivity index is 0.00000169. The average molecular weight is 234 g/mol. The van der Waals surface area contributed by atoms with Gasteiger partial charge in [0, 0.05) is 0 Å². The summed E-state index contributed by atoms with van der Waals surface area (Å²) in [6, 6.07) is -2.38. The molecule has 0 unspecified atom stereocenters. The fourth-order valence-corrected chi connectivity index (χ4v) is 1.33. The molecule has 0 radical (unpaired) electrons. The third-order valence-corrected chi connectivity index (χ3v) is 2.03. The Hall–Kier alpha value is -0.490. The second-order valence-electron chi connectivity index (χ2n) is 2.91. The number of hydrogen-bond acceptors (Lipinski definition) is 3. The van der Waals surface area contributed by atoms with E-state index in [1.54, 1.807) is 0 Å². The number of carbonyl (C=O) groups excluding carboxylic acids is 1. The molecule has 1 aliphatic rings. The van der Waals surface area contributed by atoms with Crippen LogP contribution in [0.5, 0.6) is 0 Å². The summed E-state index contributed by atoms with van der Waals surface area (Å²) in [7, 11) is 1.16. The topological polar surface area (TPSA) is 38.3 Å². The van der Waals surface area contributed by atoms with Crippen LogP contribution >= 0.6 is 12.4 Å². The number of rotatable bonds is 1. The van der Waals surface area contributed by atoms with Gasteiger partial charge in [0.1, 0.15) is 12.1 Å². The van der Waals surface area contributed by atoms with Gasteiger partial charge in [0.25, 0.3) is 0 Å². The summed E-state index contributed by atoms with van der Waals surface area (Å²) in [5.74, 6) is -0.633. The van der Waals surface area contributed by atoms with Crippen molar-refractivity contribution in [2.75, 3.05) is 7.11 Å². The Morgan fingerprint density at radius 2 is 2.00 bits per heavy atom. The van der Waals surface area contributed by atoms with Gasteiger partial charge in [-0.3, -0.25) is 10.1 Å². The number of halogens is 4. The Labute approximate surface area is 85.4 Å². The lowest BCUT2D eigenvalue weighted by Crippen LogP contribution is -2.43. The van der Waals surface area contributed by atoms with Crippen molar-refractivity contribution in [3.63, 3.8) is 0 Å². The van der Waals surface area contributed by atoms with Crippen molar-refractivity contribution >= 4 is 18.4 Å². The second kappa shape index (κ2) is 4.84. The van der Waals surface area contributed by atoms with Gasteiger partial charge >= 0.3 is 12.1 Å². The molecule has 84 valence electrons. The summed E-state index contributed by atoms with van der Waals surface area (Å²) >= 11 is 0. The fourth-order valence-electron chi connectivity index (χ4n) is 1.33. The van der Waals surface area contributed by atoms with Gasteiger partial charge in [-0.15, -0.1) is 12.4 Å². The quantitative estimate of drug-likeness (QED) is 0.693. The highest BCUT2D eigenvalue weighted by Crippen LogP contribution is 2.28. The standard InChI is InChI=1S/C7H10F3NO2.ClH/c1-13-6(12)4-2-3-5(11-4)7(8,9)10;/h4-5,11H,2-3H2,1H3;1H/t4-,5-;/m1./s1. The molecule has 0 aromatic carbocycles. The van der Waals surface area contributed by atoms with Crippen LogP contribution in [-0.2, 0) is 9.53 Å². The zero-order valence-electron chi connectivity index (χ0n) is 7.43. The van der Waals surface area contributed by atoms with Gasteiger partial charge in [0.15, 0.2) is 0 Å². The average Bonchev–Trinajstić information content (AvgIpc) is 2.50. The summed E-state index contributed by atoms with van der Waals surface area (Å²) in [5, 5.41) is 2.18. The van der Waals surface area contributed by atoms with Crippen LogP contribution in [0.25, 0.3) is 0 Å². The maximum Gasteiger partial charge on any atom is 0.403 e. The minimum Gasteiger partial charge on any atom is -0.468 e. The Kier molecular flexibility index (Phi) is 4.67. The number of methoxy groups -OCH3 is 1. The molecule has 0 aromatic heterocycles. The van der Waals surface area contributed by atoms with Crippen molar-refractivity contribution in [1.82, 2.24) is 5.32 Å². The lowest BCUT2D eigenvalue weighted by Gasteiger charge is -2.15. The molecule has 0 saturated carbocycles. The molecule has 1 N–H and O–H groups in total. The maximum absolute atomic E-state index is 12.1. The predicted molar refractivity (Wildman–Crippen MR) is 45.3 cm³/mol. The minimum absolute atomic E-state index is 0. The Morgan fingerprint density at radius 3 is 2.36 bits per heavy atom. The van der Waals surface area contributed by atoms with Gasteiger partial charge in [-0.25, -0.2) is 0 Å². The number of ether oxygens (including phenoxy) is 1. The first kappa shape index (κ1) is 13.5. The molecule has 0 amide bonds. The van der Waals surface area contributed by atoms with E-state index in [0.29, 0.717) is 0 Å². The maximum atomic E-state index is 12.1. The smallest absolute Gasteiger partial charge is 0.403 e. The SMILES string of the molecule is COC(=O)[C@H]1CC[C@H](C(F)(F)F)N1.Cl. The molecule has 0 aliphatic carbocycles. The highest BCUT2D eigenvalue weighted by molar-refractivity contribution is 5.85. The van der Waals surface area contributed by atoms with Crippen LogP contribution in [-0.4, -0.2) is 31.3 Å². The van der Waals surface area contributed by atoms with E-state index in [0.717, 1.165) is 7.11 Å². The van der Waals surface area contributed by atoms with Crippen LogP contribution in [0.15, 0.2) is 0 Å². The Morgan fingerprint density at radius 1 is 1.43 bits per heavy atom. The molecule has 14 heavy (non-hydrogen) atoms. The van der Waals surface area contributed by atoms with E-state index in [-0.39, 0.29) is 25.2 Å². The summed E-state index contributed by atoms with van der Waals surface area (Å²) in [6.45, 7) is 0. The van der Waals surface area contributed by atoms with Gasteiger partial charge in [0.2, 0.25) is 0 Å². The van der Waals surface area contributed by atoms with Gasteiger partial charge < -0.3 is 4.74 Å². The second-order valence-corrected chi connectivity index (χ2v) is 2.91. The van der Waals surface area contributed by atoms with Crippen molar-refractivity contribution in [3.05, 3.63) is 0 Å². The molecule has 1 rings (SSSR count). The summed E-state index contributed by atoms with van der Waals surface area (Å²) in [6.07, 6.45) is -4.16. The number of esters is 1. The van der Waals surface area contributed by atoms with E-state index in [2.05, 4.69) is 10.1 Å². The van der Waals surface area contributed by atoms with E-state index in [9.17, 15) is 18.0 Å². The third kappa shape index (κ3) is 3.02. The molecule has 0 spiro atoms. The highest BCUT2D eigenvalue weighted by Gasteiger charge is 2.45. The summed E-state index contributed by atoms with van der Waals surface area (Å²) in [4.78, 5) is 10.8. The molecule has 1 saturated heterocycles. The number of alkyl halides is 3. The number of carbonyl (C=O) groups is 1. The van der Waals surface area contributed by atoms with Crippen molar-refractivity contribution in [2.24, 2.45) is 0 Å².